The van der Waals surface area contributed by atoms with Gasteiger partial charge >= 0.3 is 0 Å². The van der Waals surface area contributed by atoms with Crippen LogP contribution in [-0.2, 0) is 4.74 Å². The molecule has 0 saturated carbocycles. The molecule has 24 heavy (non-hydrogen) atoms. The molecule has 0 amide bonds. The van der Waals surface area contributed by atoms with E-state index in [4.69, 9.17) is 4.74 Å². The lowest BCUT2D eigenvalue weighted by Gasteiger charge is -2.53. The van der Waals surface area contributed by atoms with Gasteiger partial charge in [0.15, 0.2) is 5.65 Å². The van der Waals surface area contributed by atoms with Crippen molar-refractivity contribution in [2.45, 2.75) is 32.3 Å². The molecule has 2 aromatic rings. The van der Waals surface area contributed by atoms with E-state index in [9.17, 15) is 0 Å². The molecule has 2 saturated heterocycles. The first-order chi connectivity index (χ1) is 11.7. The largest absolute Gasteiger partial charge is 0.371 e. The van der Waals surface area contributed by atoms with Crippen LogP contribution in [0, 0.1) is 5.92 Å². The van der Waals surface area contributed by atoms with Gasteiger partial charge in [-0.2, -0.15) is 4.52 Å². The molecule has 0 N–H and O–H groups in total. The quantitative estimate of drug-likeness (QED) is 0.827. The van der Waals surface area contributed by atoms with E-state index in [1.807, 2.05) is 12.1 Å². The summed E-state index contributed by atoms with van der Waals surface area (Å²) in [7, 11) is 0. The molecule has 0 bridgehead atoms. The topological polar surface area (TPSA) is 58.8 Å². The number of rotatable bonds is 5. The van der Waals surface area contributed by atoms with Crippen molar-refractivity contribution in [2.24, 2.45) is 5.92 Å². The fourth-order valence-corrected chi connectivity index (χ4v) is 3.86. The summed E-state index contributed by atoms with van der Waals surface area (Å²) >= 11 is 0. The Bertz CT molecular complexity index is 681. The van der Waals surface area contributed by atoms with Crippen molar-refractivity contribution in [2.75, 3.05) is 44.2 Å². The fourth-order valence-electron chi connectivity index (χ4n) is 3.86. The number of nitrogens with zero attached hydrogens (tertiary/aromatic N) is 6. The zero-order valence-electron chi connectivity index (χ0n) is 14.6. The summed E-state index contributed by atoms with van der Waals surface area (Å²) in [5.41, 5.74) is 0.825. The molecule has 7 nitrogen and oxygen atoms in total. The average molecular weight is 330 g/mol. The summed E-state index contributed by atoms with van der Waals surface area (Å²) in [6, 6.07) is 3.98. The third-order valence-electron chi connectivity index (χ3n) is 5.47. The molecule has 7 heteroatoms. The summed E-state index contributed by atoms with van der Waals surface area (Å²) in [6.07, 6.45) is 4.07. The number of hydrogen-bond acceptors (Lipinski definition) is 6. The molecule has 4 heterocycles. The van der Waals surface area contributed by atoms with Crippen LogP contribution in [0.2, 0.25) is 0 Å². The van der Waals surface area contributed by atoms with Gasteiger partial charge in [0, 0.05) is 6.54 Å². The molecule has 1 atom stereocenters. The first-order valence-electron chi connectivity index (χ1n) is 9.00. The molecule has 0 aliphatic carbocycles. The predicted molar refractivity (Wildman–Crippen MR) is 92.2 cm³/mol. The highest BCUT2D eigenvalue weighted by molar-refractivity contribution is 5.48. The molecule has 0 aromatic carbocycles. The predicted octanol–water partition coefficient (Wildman–Crippen LogP) is 1.45. The Balaban J connectivity index is 1.32. The van der Waals surface area contributed by atoms with E-state index in [2.05, 4.69) is 38.9 Å². The molecule has 2 fully saturated rings. The van der Waals surface area contributed by atoms with Crippen molar-refractivity contribution in [1.82, 2.24) is 24.7 Å². The summed E-state index contributed by atoms with van der Waals surface area (Å²) in [5, 5.41) is 12.4. The van der Waals surface area contributed by atoms with Crippen molar-refractivity contribution in [1.29, 1.82) is 0 Å². The number of aromatic nitrogens is 4. The SMILES string of the molecule is CCN(CC)C[C@H]1CCC2(CN(c3ccc4nncn4n3)C2)OC1. The van der Waals surface area contributed by atoms with E-state index in [1.165, 1.54) is 13.0 Å². The molecular formula is C17H26N6O. The van der Waals surface area contributed by atoms with E-state index in [0.717, 1.165) is 50.7 Å². The second kappa shape index (κ2) is 6.29. The van der Waals surface area contributed by atoms with Gasteiger partial charge in [-0.25, -0.2) is 0 Å². The molecule has 1 spiro atoms. The van der Waals surface area contributed by atoms with Crippen LogP contribution in [0.5, 0.6) is 0 Å². The highest BCUT2D eigenvalue weighted by Crippen LogP contribution is 2.38. The smallest absolute Gasteiger partial charge is 0.177 e. The van der Waals surface area contributed by atoms with Gasteiger partial charge in [0.25, 0.3) is 0 Å². The molecule has 0 radical (unpaired) electrons. The van der Waals surface area contributed by atoms with Crippen LogP contribution in [0.1, 0.15) is 26.7 Å². The number of ether oxygens (including phenoxy) is 1. The third kappa shape index (κ3) is 2.86. The van der Waals surface area contributed by atoms with Crippen molar-refractivity contribution in [3.05, 3.63) is 18.5 Å². The normalized spacial score (nSPS) is 23.1. The van der Waals surface area contributed by atoms with E-state index in [0.29, 0.717) is 5.92 Å². The summed E-state index contributed by atoms with van der Waals surface area (Å²) in [5.74, 6) is 1.65. The second-order valence-electron chi connectivity index (χ2n) is 7.07. The van der Waals surface area contributed by atoms with Gasteiger partial charge in [-0.1, -0.05) is 13.8 Å². The van der Waals surface area contributed by atoms with Crippen molar-refractivity contribution >= 4 is 11.5 Å². The fraction of sp³-hybridized carbons (Fsp3) is 0.706. The summed E-state index contributed by atoms with van der Waals surface area (Å²) in [6.45, 7) is 10.7. The van der Waals surface area contributed by atoms with Crippen LogP contribution >= 0.6 is 0 Å². The number of anilines is 1. The van der Waals surface area contributed by atoms with Crippen LogP contribution < -0.4 is 4.90 Å². The molecule has 0 unspecified atom stereocenters. The van der Waals surface area contributed by atoms with Crippen LogP contribution in [0.3, 0.4) is 0 Å². The Morgan fingerprint density at radius 2 is 2.12 bits per heavy atom. The van der Waals surface area contributed by atoms with Crippen molar-refractivity contribution < 1.29 is 4.74 Å². The van der Waals surface area contributed by atoms with E-state index < -0.39 is 0 Å². The second-order valence-corrected chi connectivity index (χ2v) is 7.07. The van der Waals surface area contributed by atoms with E-state index in [1.54, 1.807) is 10.8 Å². The molecule has 2 aliphatic heterocycles. The van der Waals surface area contributed by atoms with E-state index in [-0.39, 0.29) is 5.60 Å². The lowest BCUT2D eigenvalue weighted by atomic mass is 9.83. The Kier molecular flexibility index (Phi) is 4.14. The maximum Gasteiger partial charge on any atom is 0.177 e. The molecule has 2 aliphatic rings. The Labute approximate surface area is 142 Å². The van der Waals surface area contributed by atoms with Gasteiger partial charge in [-0.05, 0) is 44.0 Å². The Hall–Kier alpha value is -1.73. The average Bonchev–Trinajstić information content (AvgIpc) is 3.06. The molecule has 130 valence electrons. The third-order valence-corrected chi connectivity index (χ3v) is 5.47. The molecule has 4 rings (SSSR count). The van der Waals surface area contributed by atoms with E-state index >= 15 is 0 Å². The Morgan fingerprint density at radius 3 is 2.83 bits per heavy atom. The lowest BCUT2D eigenvalue weighted by Crippen LogP contribution is -2.65. The van der Waals surface area contributed by atoms with Gasteiger partial charge in [0.2, 0.25) is 0 Å². The van der Waals surface area contributed by atoms with Gasteiger partial charge in [-0.3, -0.25) is 0 Å². The Morgan fingerprint density at radius 1 is 1.29 bits per heavy atom. The standard InChI is InChI=1S/C17H26N6O/c1-3-21(4-2)9-14-7-8-17(24-10-14)11-22(12-17)16-6-5-15-19-18-13-23(15)20-16/h5-6,13-14H,3-4,7-12H2,1-2H3/t14-/m1/s1. The lowest BCUT2D eigenvalue weighted by molar-refractivity contribution is -0.119. The first-order valence-corrected chi connectivity index (χ1v) is 9.00. The highest BCUT2D eigenvalue weighted by Gasteiger charge is 2.47. The minimum atomic E-state index is 0.0452. The van der Waals surface area contributed by atoms with Gasteiger partial charge in [0.1, 0.15) is 17.7 Å². The minimum Gasteiger partial charge on any atom is -0.371 e. The molecular weight excluding hydrogens is 304 g/mol. The maximum absolute atomic E-state index is 6.30. The van der Waals surface area contributed by atoms with Crippen LogP contribution in [-0.4, -0.2) is 69.6 Å². The minimum absolute atomic E-state index is 0.0452. The van der Waals surface area contributed by atoms with Crippen LogP contribution in [0.25, 0.3) is 5.65 Å². The van der Waals surface area contributed by atoms with Crippen molar-refractivity contribution in [3.63, 3.8) is 0 Å². The highest BCUT2D eigenvalue weighted by atomic mass is 16.5. The molecule has 2 aromatic heterocycles. The number of fused-ring (bicyclic) bond motifs is 1. The van der Waals surface area contributed by atoms with Crippen LogP contribution in [0.15, 0.2) is 18.5 Å². The summed E-state index contributed by atoms with van der Waals surface area (Å²) in [4.78, 5) is 4.78. The first kappa shape index (κ1) is 15.8. The van der Waals surface area contributed by atoms with Gasteiger partial charge < -0.3 is 14.5 Å². The summed E-state index contributed by atoms with van der Waals surface area (Å²) < 4.78 is 8.02. The maximum atomic E-state index is 6.30. The van der Waals surface area contributed by atoms with Gasteiger partial charge in [-0.15, -0.1) is 15.3 Å². The van der Waals surface area contributed by atoms with Crippen molar-refractivity contribution in [3.8, 4) is 0 Å². The van der Waals surface area contributed by atoms with Gasteiger partial charge in [0.05, 0.1) is 19.7 Å². The zero-order valence-corrected chi connectivity index (χ0v) is 14.6. The van der Waals surface area contributed by atoms with Crippen LogP contribution in [0.4, 0.5) is 5.82 Å². The number of hydrogen-bond donors (Lipinski definition) is 0. The monoisotopic (exact) mass is 330 g/mol. The zero-order chi connectivity index (χ0) is 16.6.